The van der Waals surface area contributed by atoms with Gasteiger partial charge >= 0.3 is 0 Å². The smallest absolute Gasteiger partial charge is 0.246 e. The molecule has 0 unspecified atom stereocenters. The van der Waals surface area contributed by atoms with E-state index in [1.165, 1.54) is 23.4 Å². The second-order valence-corrected chi connectivity index (χ2v) is 6.75. The highest BCUT2D eigenvalue weighted by Crippen LogP contribution is 2.23. The predicted molar refractivity (Wildman–Crippen MR) is 77.0 cm³/mol. The number of sulfonamides is 1. The first kappa shape index (κ1) is 16.9. The topological polar surface area (TPSA) is 70.6 Å². The fraction of sp³-hybridized carbons (Fsp3) is 0.500. The second-order valence-electron chi connectivity index (χ2n) is 4.43. The van der Waals surface area contributed by atoms with Gasteiger partial charge in [-0.05, 0) is 12.5 Å². The number of hydrogen-bond acceptors (Lipinski definition) is 4. The summed E-state index contributed by atoms with van der Waals surface area (Å²) in [7, 11) is -0.672. The number of pyridine rings is 1. The molecule has 0 radical (unpaired) electrons. The third kappa shape index (κ3) is 3.91. The average Bonchev–Trinajstić information content (AvgIpc) is 2.38. The molecule has 1 amide bonds. The van der Waals surface area contributed by atoms with Crippen LogP contribution in [0.15, 0.2) is 23.4 Å². The lowest BCUT2D eigenvalue weighted by Crippen LogP contribution is -2.40. The highest BCUT2D eigenvalue weighted by molar-refractivity contribution is 7.89. The number of carbonyl (C=O) groups is 1. The van der Waals surface area contributed by atoms with Crippen molar-refractivity contribution in [2.45, 2.75) is 18.2 Å². The fourth-order valence-electron chi connectivity index (χ4n) is 1.52. The van der Waals surface area contributed by atoms with Crippen molar-refractivity contribution in [2.75, 3.05) is 27.2 Å². The number of rotatable bonds is 6. The third-order valence-corrected chi connectivity index (χ3v) is 4.95. The van der Waals surface area contributed by atoms with Crippen LogP contribution in [0.25, 0.3) is 0 Å². The lowest BCUT2D eigenvalue weighted by Gasteiger charge is -2.23. The van der Waals surface area contributed by atoms with E-state index < -0.39 is 10.0 Å². The van der Waals surface area contributed by atoms with Gasteiger partial charge in [-0.3, -0.25) is 9.78 Å². The first-order valence-corrected chi connectivity index (χ1v) is 7.92. The molecule has 20 heavy (non-hydrogen) atoms. The number of carbonyl (C=O) groups excluding carboxylic acids is 1. The largest absolute Gasteiger partial charge is 0.348 e. The van der Waals surface area contributed by atoms with Crippen LogP contribution in [-0.2, 0) is 14.8 Å². The Kier molecular flexibility index (Phi) is 5.91. The van der Waals surface area contributed by atoms with Crippen LogP contribution in [0.1, 0.15) is 13.3 Å². The minimum absolute atomic E-state index is 0.0818. The molecule has 1 heterocycles. The molecule has 1 aromatic heterocycles. The Hall–Kier alpha value is -1.18. The predicted octanol–water partition coefficient (Wildman–Crippen LogP) is 1.22. The normalized spacial score (nSPS) is 11.7. The summed E-state index contributed by atoms with van der Waals surface area (Å²) in [6.07, 6.45) is 3.20. The maximum absolute atomic E-state index is 12.5. The van der Waals surface area contributed by atoms with E-state index in [9.17, 15) is 13.2 Å². The summed E-state index contributed by atoms with van der Waals surface area (Å²) in [4.78, 5) is 16.8. The van der Waals surface area contributed by atoms with Crippen LogP contribution in [-0.4, -0.2) is 55.7 Å². The van der Waals surface area contributed by atoms with Crippen molar-refractivity contribution in [3.8, 4) is 0 Å². The summed E-state index contributed by atoms with van der Waals surface area (Å²) in [6, 6.07) is 1.41. The highest BCUT2D eigenvalue weighted by Gasteiger charge is 2.28. The van der Waals surface area contributed by atoms with Gasteiger partial charge in [-0.2, -0.15) is 4.31 Å². The van der Waals surface area contributed by atoms with Gasteiger partial charge in [0.1, 0.15) is 4.90 Å². The van der Waals surface area contributed by atoms with Gasteiger partial charge in [-0.15, -0.1) is 0 Å². The molecule has 8 heteroatoms. The lowest BCUT2D eigenvalue weighted by molar-refractivity contribution is -0.128. The number of amides is 1. The molecule has 1 rings (SSSR count). The zero-order valence-electron chi connectivity index (χ0n) is 11.7. The molecule has 0 bridgehead atoms. The molecule has 0 atom stereocenters. The first-order chi connectivity index (χ1) is 9.30. The molecular formula is C12H18ClN3O3S. The van der Waals surface area contributed by atoms with Crippen LogP contribution in [0.3, 0.4) is 0 Å². The van der Waals surface area contributed by atoms with E-state index in [1.54, 1.807) is 14.1 Å². The van der Waals surface area contributed by atoms with Crippen LogP contribution in [0.4, 0.5) is 0 Å². The Morgan fingerprint density at radius 1 is 1.40 bits per heavy atom. The number of halogens is 1. The molecule has 0 aliphatic carbocycles. The highest BCUT2D eigenvalue weighted by atomic mass is 35.5. The van der Waals surface area contributed by atoms with Crippen LogP contribution in [0, 0.1) is 0 Å². The fourth-order valence-corrected chi connectivity index (χ4v) is 3.41. The SMILES string of the molecule is CCCN(CC(=O)N(C)C)S(=O)(=O)c1cnccc1Cl. The second kappa shape index (κ2) is 7.01. The van der Waals surface area contributed by atoms with Crippen LogP contribution >= 0.6 is 11.6 Å². The molecule has 0 aliphatic heterocycles. The Balaban J connectivity index is 3.13. The number of aromatic nitrogens is 1. The van der Waals surface area contributed by atoms with Crippen molar-refractivity contribution < 1.29 is 13.2 Å². The average molecular weight is 320 g/mol. The van der Waals surface area contributed by atoms with Gasteiger partial charge in [0.2, 0.25) is 15.9 Å². The van der Waals surface area contributed by atoms with Crippen molar-refractivity contribution in [2.24, 2.45) is 0 Å². The molecular weight excluding hydrogens is 302 g/mol. The first-order valence-electron chi connectivity index (χ1n) is 6.10. The molecule has 0 N–H and O–H groups in total. The van der Waals surface area contributed by atoms with Crippen LogP contribution in [0.5, 0.6) is 0 Å². The lowest BCUT2D eigenvalue weighted by atomic mass is 10.4. The maximum Gasteiger partial charge on any atom is 0.246 e. The Bertz CT molecular complexity index is 575. The maximum atomic E-state index is 12.5. The molecule has 0 spiro atoms. The number of hydrogen-bond donors (Lipinski definition) is 0. The third-order valence-electron chi connectivity index (χ3n) is 2.64. The van der Waals surface area contributed by atoms with E-state index >= 15 is 0 Å². The van der Waals surface area contributed by atoms with Gasteiger partial charge in [0, 0.05) is 33.0 Å². The zero-order chi connectivity index (χ0) is 15.3. The van der Waals surface area contributed by atoms with Gasteiger partial charge in [-0.1, -0.05) is 18.5 Å². The van der Waals surface area contributed by atoms with Crippen molar-refractivity contribution >= 4 is 27.5 Å². The van der Waals surface area contributed by atoms with Crippen LogP contribution in [0.2, 0.25) is 5.02 Å². The Morgan fingerprint density at radius 2 is 2.05 bits per heavy atom. The summed E-state index contributed by atoms with van der Waals surface area (Å²) in [5, 5.41) is 0.0957. The van der Waals surface area contributed by atoms with Crippen molar-refractivity contribution in [1.82, 2.24) is 14.2 Å². The molecule has 6 nitrogen and oxygen atoms in total. The van der Waals surface area contributed by atoms with Gasteiger partial charge in [0.05, 0.1) is 11.6 Å². The number of nitrogens with zero attached hydrogens (tertiary/aromatic N) is 3. The zero-order valence-corrected chi connectivity index (χ0v) is 13.3. The Labute approximate surface area is 124 Å². The molecule has 0 fully saturated rings. The molecule has 0 aromatic carbocycles. The molecule has 112 valence electrons. The van der Waals surface area contributed by atoms with Gasteiger partial charge < -0.3 is 4.90 Å². The van der Waals surface area contributed by atoms with Gasteiger partial charge in [0.15, 0.2) is 0 Å². The summed E-state index contributed by atoms with van der Waals surface area (Å²) in [5.74, 6) is -0.290. The standard InChI is InChI=1S/C12H18ClN3O3S/c1-4-7-16(9-12(17)15(2)3)20(18,19)11-8-14-6-5-10(11)13/h5-6,8H,4,7,9H2,1-3H3. The van der Waals surface area contributed by atoms with Crippen LogP contribution < -0.4 is 0 Å². The van der Waals surface area contributed by atoms with E-state index in [1.807, 2.05) is 6.92 Å². The van der Waals surface area contributed by atoms with Crippen molar-refractivity contribution in [3.05, 3.63) is 23.5 Å². The minimum atomic E-state index is -3.83. The molecule has 1 aromatic rings. The van der Waals surface area contributed by atoms with E-state index in [0.717, 1.165) is 4.31 Å². The molecule has 0 saturated carbocycles. The van der Waals surface area contributed by atoms with Gasteiger partial charge in [0.25, 0.3) is 0 Å². The number of likely N-dealkylation sites (N-methyl/N-ethyl adjacent to an activating group) is 1. The van der Waals surface area contributed by atoms with Crippen molar-refractivity contribution in [3.63, 3.8) is 0 Å². The monoisotopic (exact) mass is 319 g/mol. The van der Waals surface area contributed by atoms with E-state index in [0.29, 0.717) is 6.42 Å². The van der Waals surface area contributed by atoms with E-state index in [4.69, 9.17) is 11.6 Å². The summed E-state index contributed by atoms with van der Waals surface area (Å²) in [6.45, 7) is 1.87. The van der Waals surface area contributed by atoms with E-state index in [2.05, 4.69) is 4.98 Å². The Morgan fingerprint density at radius 3 is 2.55 bits per heavy atom. The van der Waals surface area contributed by atoms with Gasteiger partial charge in [-0.25, -0.2) is 8.42 Å². The summed E-state index contributed by atoms with van der Waals surface area (Å²) in [5.41, 5.74) is 0. The van der Waals surface area contributed by atoms with E-state index in [-0.39, 0.29) is 28.9 Å². The minimum Gasteiger partial charge on any atom is -0.348 e. The molecule has 0 saturated heterocycles. The quantitative estimate of drug-likeness (QED) is 0.790. The van der Waals surface area contributed by atoms with Crippen molar-refractivity contribution in [1.29, 1.82) is 0 Å². The molecule has 0 aliphatic rings. The summed E-state index contributed by atoms with van der Waals surface area (Å²) < 4.78 is 26.2. The summed E-state index contributed by atoms with van der Waals surface area (Å²) >= 11 is 5.91.